The van der Waals surface area contributed by atoms with Crippen LogP contribution in [0.15, 0.2) is 11.5 Å². The zero-order chi connectivity index (χ0) is 12.0. The van der Waals surface area contributed by atoms with E-state index in [1.165, 1.54) is 0 Å². The summed E-state index contributed by atoms with van der Waals surface area (Å²) in [6.07, 6.45) is 4.06. The molecular formula is C10H20N4OS. The number of hydrogen-bond donors (Lipinski definition) is 2. The van der Waals surface area contributed by atoms with Gasteiger partial charge in [-0.3, -0.25) is 0 Å². The van der Waals surface area contributed by atoms with Crippen molar-refractivity contribution in [2.45, 2.75) is 36.9 Å². The molecule has 1 unspecified atom stereocenters. The Kier molecular flexibility index (Phi) is 5.24. The van der Waals surface area contributed by atoms with Gasteiger partial charge in [0.1, 0.15) is 6.33 Å². The van der Waals surface area contributed by atoms with Crippen LogP contribution in [0.25, 0.3) is 0 Å². The van der Waals surface area contributed by atoms with Crippen molar-refractivity contribution in [1.82, 2.24) is 14.8 Å². The molecule has 1 rings (SSSR count). The molecule has 0 aliphatic rings. The predicted octanol–water partition coefficient (Wildman–Crippen LogP) is 0.787. The lowest BCUT2D eigenvalue weighted by Crippen LogP contribution is -2.36. The van der Waals surface area contributed by atoms with Gasteiger partial charge < -0.3 is 15.4 Å². The van der Waals surface area contributed by atoms with E-state index in [2.05, 4.69) is 10.2 Å². The third-order valence-corrected chi connectivity index (χ3v) is 3.85. The normalized spacial score (nSPS) is 15.0. The molecule has 1 aromatic heterocycles. The number of aliphatic hydroxyl groups is 1. The minimum absolute atomic E-state index is 0.331. The third-order valence-electron chi connectivity index (χ3n) is 2.73. The van der Waals surface area contributed by atoms with Gasteiger partial charge >= 0.3 is 0 Å². The van der Waals surface area contributed by atoms with Gasteiger partial charge in [0.2, 0.25) is 0 Å². The van der Waals surface area contributed by atoms with Crippen molar-refractivity contribution < 1.29 is 5.11 Å². The van der Waals surface area contributed by atoms with Crippen molar-refractivity contribution in [3.8, 4) is 0 Å². The SMILES string of the molecule is CCC(O)(CN)CCCSc1nncn1C. The van der Waals surface area contributed by atoms with Gasteiger partial charge in [-0.05, 0) is 19.3 Å². The smallest absolute Gasteiger partial charge is 0.190 e. The highest BCUT2D eigenvalue weighted by Gasteiger charge is 2.21. The van der Waals surface area contributed by atoms with Crippen LogP contribution in [0, 0.1) is 0 Å². The molecule has 0 aliphatic heterocycles. The minimum Gasteiger partial charge on any atom is -0.389 e. The molecule has 6 heteroatoms. The fourth-order valence-corrected chi connectivity index (χ4v) is 2.22. The lowest BCUT2D eigenvalue weighted by Gasteiger charge is -2.24. The Morgan fingerprint density at radius 2 is 2.38 bits per heavy atom. The highest BCUT2D eigenvalue weighted by molar-refractivity contribution is 7.99. The Morgan fingerprint density at radius 1 is 1.62 bits per heavy atom. The molecule has 0 radical (unpaired) electrons. The summed E-state index contributed by atoms with van der Waals surface area (Å²) in [5.41, 5.74) is 4.84. The Bertz CT molecular complexity index is 312. The summed E-state index contributed by atoms with van der Waals surface area (Å²) in [7, 11) is 1.92. The van der Waals surface area contributed by atoms with Gasteiger partial charge in [0.25, 0.3) is 0 Å². The minimum atomic E-state index is -0.694. The zero-order valence-electron chi connectivity index (χ0n) is 9.89. The van der Waals surface area contributed by atoms with Crippen LogP contribution in [0.5, 0.6) is 0 Å². The Morgan fingerprint density at radius 3 is 2.88 bits per heavy atom. The average Bonchev–Trinajstić information content (AvgIpc) is 2.70. The summed E-state index contributed by atoms with van der Waals surface area (Å²) in [4.78, 5) is 0. The molecule has 0 saturated carbocycles. The maximum atomic E-state index is 9.97. The van der Waals surface area contributed by atoms with E-state index in [0.29, 0.717) is 13.0 Å². The van der Waals surface area contributed by atoms with Crippen molar-refractivity contribution in [2.24, 2.45) is 12.8 Å². The van der Waals surface area contributed by atoms with Gasteiger partial charge in [-0.2, -0.15) is 0 Å². The molecule has 1 aromatic rings. The summed E-state index contributed by atoms with van der Waals surface area (Å²) < 4.78 is 1.89. The van der Waals surface area contributed by atoms with Crippen LogP contribution in [-0.2, 0) is 7.05 Å². The maximum Gasteiger partial charge on any atom is 0.190 e. The van der Waals surface area contributed by atoms with Gasteiger partial charge in [-0.15, -0.1) is 10.2 Å². The van der Waals surface area contributed by atoms with E-state index in [1.807, 2.05) is 18.5 Å². The molecule has 0 aromatic carbocycles. The highest BCUT2D eigenvalue weighted by Crippen LogP contribution is 2.20. The topological polar surface area (TPSA) is 77.0 Å². The molecule has 0 bridgehead atoms. The lowest BCUT2D eigenvalue weighted by atomic mass is 9.95. The number of rotatable bonds is 7. The largest absolute Gasteiger partial charge is 0.389 e. The molecule has 0 fully saturated rings. The number of nitrogens with zero attached hydrogens (tertiary/aromatic N) is 3. The standard InChI is InChI=1S/C10H20N4OS/c1-3-10(15,7-11)5-4-6-16-9-13-12-8-14(9)2/h8,15H,3-7,11H2,1-2H3. The second-order valence-electron chi connectivity index (χ2n) is 3.96. The monoisotopic (exact) mass is 244 g/mol. The van der Waals surface area contributed by atoms with Crippen LogP contribution < -0.4 is 5.73 Å². The summed E-state index contributed by atoms with van der Waals surface area (Å²) in [5, 5.41) is 18.7. The van der Waals surface area contributed by atoms with Gasteiger partial charge in [-0.25, -0.2) is 0 Å². The average molecular weight is 244 g/mol. The van der Waals surface area contributed by atoms with Gasteiger partial charge in [0.15, 0.2) is 5.16 Å². The van der Waals surface area contributed by atoms with Gasteiger partial charge in [-0.1, -0.05) is 18.7 Å². The van der Waals surface area contributed by atoms with E-state index in [4.69, 9.17) is 5.73 Å². The molecule has 5 nitrogen and oxygen atoms in total. The van der Waals surface area contributed by atoms with Crippen molar-refractivity contribution >= 4 is 11.8 Å². The van der Waals surface area contributed by atoms with Crippen LogP contribution >= 0.6 is 11.8 Å². The van der Waals surface area contributed by atoms with E-state index < -0.39 is 5.60 Å². The summed E-state index contributed by atoms with van der Waals surface area (Å²) in [6, 6.07) is 0. The Hall–Kier alpha value is -0.590. The Labute approximate surface area is 100 Å². The van der Waals surface area contributed by atoms with E-state index >= 15 is 0 Å². The molecule has 0 saturated heterocycles. The predicted molar refractivity (Wildman–Crippen MR) is 65.3 cm³/mol. The van der Waals surface area contributed by atoms with Crippen LogP contribution in [0.2, 0.25) is 0 Å². The first-order valence-electron chi connectivity index (χ1n) is 5.50. The molecule has 0 spiro atoms. The maximum absolute atomic E-state index is 9.97. The summed E-state index contributed by atoms with van der Waals surface area (Å²) in [5.74, 6) is 0.925. The molecule has 0 amide bonds. The number of aryl methyl sites for hydroxylation is 1. The van der Waals surface area contributed by atoms with Crippen LogP contribution in [0.3, 0.4) is 0 Å². The third kappa shape index (κ3) is 3.77. The van der Waals surface area contributed by atoms with Crippen LogP contribution in [-0.4, -0.2) is 37.8 Å². The lowest BCUT2D eigenvalue weighted by molar-refractivity contribution is 0.0360. The second-order valence-corrected chi connectivity index (χ2v) is 5.02. The van der Waals surface area contributed by atoms with Crippen LogP contribution in [0.1, 0.15) is 26.2 Å². The number of aromatic nitrogens is 3. The zero-order valence-corrected chi connectivity index (χ0v) is 10.7. The Balaban J connectivity index is 2.24. The molecular weight excluding hydrogens is 224 g/mol. The van der Waals surface area contributed by atoms with Crippen molar-refractivity contribution in [1.29, 1.82) is 0 Å². The van der Waals surface area contributed by atoms with Gasteiger partial charge in [0.05, 0.1) is 5.60 Å². The first-order chi connectivity index (χ1) is 7.61. The first-order valence-corrected chi connectivity index (χ1v) is 6.49. The van der Waals surface area contributed by atoms with Crippen molar-refractivity contribution in [2.75, 3.05) is 12.3 Å². The van der Waals surface area contributed by atoms with E-state index in [1.54, 1.807) is 18.1 Å². The molecule has 3 N–H and O–H groups in total. The van der Waals surface area contributed by atoms with E-state index in [0.717, 1.165) is 23.8 Å². The molecule has 1 atom stereocenters. The molecule has 16 heavy (non-hydrogen) atoms. The first kappa shape index (κ1) is 13.5. The van der Waals surface area contributed by atoms with E-state index in [-0.39, 0.29) is 0 Å². The second kappa shape index (κ2) is 6.22. The summed E-state index contributed by atoms with van der Waals surface area (Å²) >= 11 is 1.65. The number of nitrogens with two attached hydrogens (primary N) is 1. The highest BCUT2D eigenvalue weighted by atomic mass is 32.2. The van der Waals surface area contributed by atoms with Crippen LogP contribution in [0.4, 0.5) is 0 Å². The summed E-state index contributed by atoms with van der Waals surface area (Å²) in [6.45, 7) is 2.29. The number of hydrogen-bond acceptors (Lipinski definition) is 5. The molecule has 0 aliphatic carbocycles. The fraction of sp³-hybridized carbons (Fsp3) is 0.800. The number of thioether (sulfide) groups is 1. The van der Waals surface area contributed by atoms with Crippen molar-refractivity contribution in [3.63, 3.8) is 0 Å². The van der Waals surface area contributed by atoms with E-state index in [9.17, 15) is 5.11 Å². The molecule has 92 valence electrons. The quantitative estimate of drug-likeness (QED) is 0.548. The molecule has 1 heterocycles. The van der Waals surface area contributed by atoms with Crippen molar-refractivity contribution in [3.05, 3.63) is 6.33 Å². The fourth-order valence-electron chi connectivity index (χ4n) is 1.39. The van der Waals surface area contributed by atoms with Gasteiger partial charge in [0, 0.05) is 19.3 Å².